The van der Waals surface area contributed by atoms with E-state index in [1.165, 1.54) is 24.0 Å². The van der Waals surface area contributed by atoms with Crippen LogP contribution in [0, 0.1) is 17.2 Å². The molecular weight excluding hydrogens is 380 g/mol. The van der Waals surface area contributed by atoms with E-state index in [9.17, 15) is 0 Å². The topological polar surface area (TPSA) is 36.3 Å². The molecule has 1 heterocycles. The molecule has 1 aliphatic heterocycles. The monoisotopic (exact) mass is 412 g/mol. The lowest BCUT2D eigenvalue weighted by Crippen LogP contribution is -2.36. The lowest BCUT2D eigenvalue weighted by molar-refractivity contribution is 0.150. The third-order valence-electron chi connectivity index (χ3n) is 5.94. The highest BCUT2D eigenvalue weighted by molar-refractivity contribution is 5.33. The molecule has 1 aliphatic rings. The van der Waals surface area contributed by atoms with E-state index >= 15 is 0 Å². The molecule has 1 saturated heterocycles. The predicted octanol–water partition coefficient (Wildman–Crippen LogP) is 6.09. The van der Waals surface area contributed by atoms with Gasteiger partial charge in [0.2, 0.25) is 0 Å². The highest BCUT2D eigenvalue weighted by atomic mass is 16.5. The largest absolute Gasteiger partial charge is 0.494 e. The zero-order valence-electron chi connectivity index (χ0n) is 18.2. The average molecular weight is 413 g/mol. The van der Waals surface area contributed by atoms with Gasteiger partial charge >= 0.3 is 0 Å². The number of rotatable bonds is 10. The third kappa shape index (κ3) is 6.98. The zero-order chi connectivity index (χ0) is 21.9. The number of hydrogen-bond acceptors (Lipinski definition) is 3. The standard InChI is InChI=1S/C28H32N2O/c1-23(22-29)14-15-24(2)31-21-9-18-30-19-16-27(17-20-30)28(25-10-5-3-6-11-25)26-12-7-4-8-13-26/h3-8,10-15,27-28H,1-2,9,16-21H2/b15-14-. The van der Waals surface area contributed by atoms with Crippen molar-refractivity contribution in [2.75, 3.05) is 26.2 Å². The van der Waals surface area contributed by atoms with Gasteiger partial charge < -0.3 is 9.64 Å². The Balaban J connectivity index is 1.47. The summed E-state index contributed by atoms with van der Waals surface area (Å²) < 4.78 is 5.64. The summed E-state index contributed by atoms with van der Waals surface area (Å²) in [6, 6.07) is 23.9. The molecule has 31 heavy (non-hydrogen) atoms. The quantitative estimate of drug-likeness (QED) is 0.205. The highest BCUT2D eigenvalue weighted by Crippen LogP contribution is 2.37. The summed E-state index contributed by atoms with van der Waals surface area (Å²) in [5, 5.41) is 8.71. The summed E-state index contributed by atoms with van der Waals surface area (Å²) in [7, 11) is 0. The first-order valence-corrected chi connectivity index (χ1v) is 11.1. The summed E-state index contributed by atoms with van der Waals surface area (Å²) in [5.74, 6) is 1.70. The third-order valence-corrected chi connectivity index (χ3v) is 5.94. The summed E-state index contributed by atoms with van der Waals surface area (Å²) in [6.07, 6.45) is 6.72. The Morgan fingerprint density at radius 3 is 2.13 bits per heavy atom. The van der Waals surface area contributed by atoms with Crippen molar-refractivity contribution in [1.29, 1.82) is 5.26 Å². The summed E-state index contributed by atoms with van der Waals surface area (Å²) in [4.78, 5) is 2.54. The van der Waals surface area contributed by atoms with Crippen molar-refractivity contribution in [3.63, 3.8) is 0 Å². The van der Waals surface area contributed by atoms with E-state index in [1.807, 2.05) is 6.07 Å². The van der Waals surface area contributed by atoms with Crippen molar-refractivity contribution < 1.29 is 4.74 Å². The molecule has 160 valence electrons. The van der Waals surface area contributed by atoms with Crippen LogP contribution in [-0.4, -0.2) is 31.1 Å². The zero-order valence-corrected chi connectivity index (χ0v) is 18.2. The van der Waals surface area contributed by atoms with Gasteiger partial charge in [-0.3, -0.25) is 0 Å². The first kappa shape index (κ1) is 22.6. The minimum atomic E-state index is 0.400. The van der Waals surface area contributed by atoms with E-state index < -0.39 is 0 Å². The maximum Gasteiger partial charge on any atom is 0.112 e. The Morgan fingerprint density at radius 2 is 1.58 bits per heavy atom. The molecule has 0 spiro atoms. The lowest BCUT2D eigenvalue weighted by atomic mass is 9.76. The van der Waals surface area contributed by atoms with Crippen molar-refractivity contribution >= 4 is 0 Å². The maximum atomic E-state index is 8.71. The van der Waals surface area contributed by atoms with E-state index in [0.717, 1.165) is 26.1 Å². The second kappa shape index (κ2) is 11.9. The SMILES string of the molecule is C=C(C#N)/C=C\C(=C)OCCCN1CCC(C(c2ccccc2)c2ccccc2)CC1. The van der Waals surface area contributed by atoms with Gasteiger partial charge in [-0.1, -0.05) is 73.8 Å². The molecule has 3 nitrogen and oxygen atoms in total. The molecule has 0 aliphatic carbocycles. The van der Waals surface area contributed by atoms with Crippen molar-refractivity contribution in [3.8, 4) is 6.07 Å². The summed E-state index contributed by atoms with van der Waals surface area (Å²) >= 11 is 0. The number of benzene rings is 2. The van der Waals surface area contributed by atoms with Crippen LogP contribution >= 0.6 is 0 Å². The highest BCUT2D eigenvalue weighted by Gasteiger charge is 2.28. The number of piperidine rings is 1. The summed E-state index contributed by atoms with van der Waals surface area (Å²) in [5.41, 5.74) is 3.24. The van der Waals surface area contributed by atoms with Crippen LogP contribution in [0.4, 0.5) is 0 Å². The average Bonchev–Trinajstić information content (AvgIpc) is 2.83. The van der Waals surface area contributed by atoms with Crippen LogP contribution < -0.4 is 0 Å². The van der Waals surface area contributed by atoms with Crippen LogP contribution in [0.25, 0.3) is 0 Å². The number of nitrogens with zero attached hydrogens (tertiary/aromatic N) is 2. The predicted molar refractivity (Wildman–Crippen MR) is 127 cm³/mol. The Morgan fingerprint density at radius 1 is 1.00 bits per heavy atom. The molecule has 0 radical (unpaired) electrons. The second-order valence-corrected chi connectivity index (χ2v) is 8.12. The lowest BCUT2D eigenvalue weighted by Gasteiger charge is -2.36. The molecule has 0 atom stereocenters. The van der Waals surface area contributed by atoms with Gasteiger partial charge in [-0.05, 0) is 61.5 Å². The minimum absolute atomic E-state index is 0.400. The molecule has 0 amide bonds. The van der Waals surface area contributed by atoms with Crippen LogP contribution in [0.15, 0.2) is 97.3 Å². The fraction of sp³-hybridized carbons (Fsp3) is 0.321. The van der Waals surface area contributed by atoms with Crippen LogP contribution in [-0.2, 0) is 4.74 Å². The van der Waals surface area contributed by atoms with Crippen LogP contribution in [0.1, 0.15) is 36.3 Å². The number of allylic oxidation sites excluding steroid dienone is 3. The normalized spacial score (nSPS) is 15.1. The van der Waals surface area contributed by atoms with E-state index in [0.29, 0.717) is 29.8 Å². The van der Waals surface area contributed by atoms with Crippen LogP contribution in [0.5, 0.6) is 0 Å². The van der Waals surface area contributed by atoms with Gasteiger partial charge in [0.15, 0.2) is 0 Å². The summed E-state index contributed by atoms with van der Waals surface area (Å²) in [6.45, 7) is 11.4. The molecule has 2 aromatic carbocycles. The van der Waals surface area contributed by atoms with E-state index in [4.69, 9.17) is 10.00 Å². The van der Waals surface area contributed by atoms with Crippen LogP contribution in [0.3, 0.4) is 0 Å². The van der Waals surface area contributed by atoms with Crippen molar-refractivity contribution in [2.45, 2.75) is 25.2 Å². The van der Waals surface area contributed by atoms with Gasteiger partial charge in [-0.2, -0.15) is 5.26 Å². The van der Waals surface area contributed by atoms with Gasteiger partial charge in [-0.15, -0.1) is 0 Å². The number of ether oxygens (including phenoxy) is 1. The van der Waals surface area contributed by atoms with E-state index in [2.05, 4.69) is 78.7 Å². The first-order chi connectivity index (χ1) is 15.2. The van der Waals surface area contributed by atoms with E-state index in [-0.39, 0.29) is 0 Å². The maximum absolute atomic E-state index is 8.71. The Hall–Kier alpha value is -3.09. The van der Waals surface area contributed by atoms with Crippen molar-refractivity contribution in [2.24, 2.45) is 5.92 Å². The fourth-order valence-corrected chi connectivity index (χ4v) is 4.34. The van der Waals surface area contributed by atoms with Crippen molar-refractivity contribution in [1.82, 2.24) is 4.90 Å². The van der Waals surface area contributed by atoms with Gasteiger partial charge in [0.25, 0.3) is 0 Å². The number of nitriles is 1. The Bertz CT molecular complexity index is 864. The van der Waals surface area contributed by atoms with Gasteiger partial charge in [0.1, 0.15) is 5.76 Å². The number of hydrogen-bond donors (Lipinski definition) is 0. The Kier molecular flexibility index (Phi) is 8.70. The van der Waals surface area contributed by atoms with Crippen molar-refractivity contribution in [3.05, 3.63) is 108 Å². The molecule has 1 fully saturated rings. The number of likely N-dealkylation sites (tertiary alicyclic amines) is 1. The molecule has 0 bridgehead atoms. The molecule has 0 unspecified atom stereocenters. The van der Waals surface area contributed by atoms with Gasteiger partial charge in [0, 0.05) is 18.0 Å². The van der Waals surface area contributed by atoms with E-state index in [1.54, 1.807) is 12.2 Å². The molecule has 0 N–H and O–H groups in total. The fourth-order valence-electron chi connectivity index (χ4n) is 4.34. The second-order valence-electron chi connectivity index (χ2n) is 8.12. The smallest absolute Gasteiger partial charge is 0.112 e. The molecule has 0 aromatic heterocycles. The molecule has 3 rings (SSSR count). The molecule has 2 aromatic rings. The molecule has 0 saturated carbocycles. The minimum Gasteiger partial charge on any atom is -0.494 e. The molecule has 3 heteroatoms. The first-order valence-electron chi connectivity index (χ1n) is 11.1. The molecular formula is C28H32N2O. The Labute approximate surface area is 187 Å². The van der Waals surface area contributed by atoms with Gasteiger partial charge in [0.05, 0.1) is 12.7 Å². The van der Waals surface area contributed by atoms with Crippen LogP contribution in [0.2, 0.25) is 0 Å². The van der Waals surface area contributed by atoms with Gasteiger partial charge in [-0.25, -0.2) is 0 Å².